The lowest BCUT2D eigenvalue weighted by molar-refractivity contribution is -0.384. The van der Waals surface area contributed by atoms with Crippen molar-refractivity contribution in [2.45, 2.75) is 138 Å². The number of nitrogens with one attached hydrogen (secondary N) is 1. The van der Waals surface area contributed by atoms with Crippen LogP contribution < -0.4 is 25.3 Å². The zero-order valence-electron chi connectivity index (χ0n) is 55.2. The predicted octanol–water partition coefficient (Wildman–Crippen LogP) is 8.72. The average Bonchev–Trinajstić information content (AvgIpc) is 1.62. The van der Waals surface area contributed by atoms with Gasteiger partial charge in [0.2, 0.25) is 20.0 Å². The Morgan fingerprint density at radius 2 is 1.07 bits per heavy atom. The smallest absolute Gasteiger partial charge is 0.497 e. The van der Waals surface area contributed by atoms with E-state index in [0.29, 0.717) is 50.4 Å². The number of benzene rings is 5. The molecule has 0 aromatic heterocycles. The Hall–Kier alpha value is -7.55. The van der Waals surface area contributed by atoms with E-state index in [4.69, 9.17) is 58.9 Å². The lowest BCUT2D eigenvalue weighted by Gasteiger charge is -2.35. The lowest BCUT2D eigenvalue weighted by Crippen LogP contribution is -2.52. The number of non-ortho nitro benzene ring substituents is 1. The first-order chi connectivity index (χ1) is 45.7. The van der Waals surface area contributed by atoms with E-state index in [1.54, 1.807) is 24.3 Å². The largest absolute Gasteiger partial charge is 0.514 e. The number of alkyl carbamates (subject to hydrolysis) is 1. The molecule has 4 saturated heterocycles. The van der Waals surface area contributed by atoms with E-state index in [2.05, 4.69) is 17.5 Å². The number of nitrogens with zero attached hydrogens (tertiary/aromatic N) is 5. The summed E-state index contributed by atoms with van der Waals surface area (Å²) in [5, 5.41) is 53.8. The van der Waals surface area contributed by atoms with E-state index < -0.39 is 78.4 Å². The van der Waals surface area contributed by atoms with Crippen LogP contribution in [0, 0.1) is 55.4 Å². The van der Waals surface area contributed by atoms with E-state index in [1.807, 2.05) is 88.4 Å². The van der Waals surface area contributed by atoms with Crippen molar-refractivity contribution in [1.82, 2.24) is 13.9 Å². The van der Waals surface area contributed by atoms with Gasteiger partial charge in [-0.25, -0.2) is 26.4 Å². The summed E-state index contributed by atoms with van der Waals surface area (Å²) >= 11 is 0. The highest BCUT2D eigenvalue weighted by Gasteiger charge is 2.46. The molecule has 4 aliphatic heterocycles. The molecule has 0 saturated carbocycles. The first-order valence-corrected chi connectivity index (χ1v) is 34.4. The van der Waals surface area contributed by atoms with Crippen molar-refractivity contribution >= 4 is 50.4 Å². The van der Waals surface area contributed by atoms with Crippen LogP contribution in [-0.4, -0.2) is 169 Å². The third-order valence-corrected chi connectivity index (χ3v) is 20.5. The fraction of sp³-hybridized carbons (Fsp3) is 0.500. The number of aliphatic hydroxyl groups is 2. The normalized spacial score (nSPS) is 20.1. The molecule has 0 spiro atoms. The minimum atomic E-state index is -4.08. The van der Waals surface area contributed by atoms with Gasteiger partial charge < -0.3 is 63.9 Å². The minimum absolute atomic E-state index is 0. The second kappa shape index (κ2) is 36.9. The van der Waals surface area contributed by atoms with Crippen LogP contribution in [0.25, 0.3) is 0 Å². The molecule has 29 heteroatoms. The standard InChI is InChI=1S/C31H41N3O8S.C24H33N3O4S.C13H13NO7.ClH/c1-31(2,15-7-16-32)21-34(43(37,38)24-12-10-23(39-3)11-13-24)19-27(35)26(18-22-8-5-4-6-9-22)33-30(36)42-28-20-41-29-25(28)14-17-40-29;1-24(2,14-7-15-25)18-27(32(29,30)21-12-10-20(31-3)11-13-21)17-23(28)22(26)16-19-8-5-4-6-9-19;15-13(20-9-3-1-8(2-4-9)14(16)17)21-11-7-19-12-10(11)5-6-18-12;/h4-6,8-13,25-29,35H,7,14-15,17-21H2,1-3H3,(H,33,36);4-6,8-13,22-23,28H,7,14,16-18,26H2,1-3H3;1-4,10-12H,5-7H2;1H/t25-,26-,27+,28+,29+;22-,23+;10-,11+,12+;/m000./s1. The molecule has 4 heterocycles. The number of rotatable bonds is 29. The number of amides is 1. The maximum absolute atomic E-state index is 13.9. The molecule has 5 N–H and O–H groups in total. The van der Waals surface area contributed by atoms with Crippen LogP contribution in [0.15, 0.2) is 143 Å². The van der Waals surface area contributed by atoms with Gasteiger partial charge in [0.15, 0.2) is 12.6 Å². The maximum atomic E-state index is 13.9. The van der Waals surface area contributed by atoms with Crippen LogP contribution in [0.5, 0.6) is 17.2 Å². The summed E-state index contributed by atoms with van der Waals surface area (Å²) in [5.74, 6) is 1.23. The van der Waals surface area contributed by atoms with Gasteiger partial charge in [0.05, 0.1) is 97.6 Å². The van der Waals surface area contributed by atoms with Crippen LogP contribution in [0.1, 0.15) is 77.3 Å². The number of nitro groups is 1. The van der Waals surface area contributed by atoms with Gasteiger partial charge in [-0.1, -0.05) is 88.4 Å². The van der Waals surface area contributed by atoms with E-state index >= 15 is 0 Å². The number of carbonyl (C=O) groups is 2. The Bertz CT molecular complexity index is 3610. The van der Waals surface area contributed by atoms with Gasteiger partial charge in [-0.3, -0.25) is 10.1 Å². The molecule has 4 fully saturated rings. The van der Waals surface area contributed by atoms with Crippen LogP contribution in [0.3, 0.4) is 0 Å². The number of hydrogen-bond donors (Lipinski definition) is 4. The summed E-state index contributed by atoms with van der Waals surface area (Å²) in [7, 11) is -4.98. The van der Waals surface area contributed by atoms with E-state index in [1.165, 1.54) is 71.4 Å². The fourth-order valence-electron chi connectivity index (χ4n) is 11.3. The molecular weight excluding hydrogens is 1320 g/mol. The zero-order chi connectivity index (χ0) is 69.6. The van der Waals surface area contributed by atoms with Crippen molar-refractivity contribution in [3.05, 3.63) is 155 Å². The molecule has 0 aliphatic carbocycles. The van der Waals surface area contributed by atoms with Crippen molar-refractivity contribution in [2.75, 3.05) is 66.8 Å². The van der Waals surface area contributed by atoms with Gasteiger partial charge in [0.1, 0.15) is 29.5 Å². The summed E-state index contributed by atoms with van der Waals surface area (Å²) in [6, 6.07) is 38.9. The molecule has 5 aromatic carbocycles. The molecule has 0 unspecified atom stereocenters. The van der Waals surface area contributed by atoms with Crippen LogP contribution in [-0.2, 0) is 61.3 Å². The number of aliphatic hydroxyl groups excluding tert-OH is 2. The molecule has 97 heavy (non-hydrogen) atoms. The lowest BCUT2D eigenvalue weighted by atomic mass is 9.88. The zero-order valence-corrected chi connectivity index (χ0v) is 57.6. The van der Waals surface area contributed by atoms with Gasteiger partial charge in [-0.05, 0) is 121 Å². The predicted molar refractivity (Wildman–Crippen MR) is 357 cm³/mol. The Balaban J connectivity index is 0.000000242. The molecule has 9 rings (SSSR count). The van der Waals surface area contributed by atoms with Gasteiger partial charge >= 0.3 is 12.2 Å². The Kier molecular flexibility index (Phi) is 29.8. The molecule has 1 amide bonds. The highest BCUT2D eigenvalue weighted by atomic mass is 35.5. The Morgan fingerprint density at radius 1 is 0.649 bits per heavy atom. The summed E-state index contributed by atoms with van der Waals surface area (Å²) < 4.78 is 105. The quantitative estimate of drug-likeness (QED) is 0.0150. The second-order valence-electron chi connectivity index (χ2n) is 25.3. The maximum Gasteiger partial charge on any atom is 0.514 e. The molecule has 0 bridgehead atoms. The number of hydrogen-bond acceptors (Lipinski definition) is 22. The van der Waals surface area contributed by atoms with Gasteiger partial charge in [-0.2, -0.15) is 19.1 Å². The van der Waals surface area contributed by atoms with Crippen molar-refractivity contribution < 1.29 is 84.2 Å². The monoisotopic (exact) mass is 1410 g/mol. The Morgan fingerprint density at radius 3 is 1.51 bits per heavy atom. The molecule has 528 valence electrons. The number of ether oxygens (including phenoxy) is 9. The van der Waals surface area contributed by atoms with Crippen molar-refractivity contribution in [2.24, 2.45) is 28.4 Å². The number of fused-ring (bicyclic) bond motifs is 2. The summed E-state index contributed by atoms with van der Waals surface area (Å²) in [6.45, 7) is 8.98. The molecule has 0 radical (unpaired) electrons. The number of sulfonamides is 2. The molecule has 4 aliphatic rings. The van der Waals surface area contributed by atoms with Crippen molar-refractivity contribution in [1.29, 1.82) is 10.5 Å². The number of halogens is 1. The first-order valence-electron chi connectivity index (χ1n) is 31.5. The summed E-state index contributed by atoms with van der Waals surface area (Å²) in [5.41, 5.74) is 6.94. The fourth-order valence-corrected chi connectivity index (χ4v) is 14.6. The summed E-state index contributed by atoms with van der Waals surface area (Å²) in [6.07, 6.45) is -1.75. The number of nitro benzene ring substituents is 1. The molecular formula is C68H88ClN7O19S2. The third-order valence-electron chi connectivity index (χ3n) is 16.8. The molecule has 10 atom stereocenters. The van der Waals surface area contributed by atoms with Crippen LogP contribution >= 0.6 is 12.4 Å². The van der Waals surface area contributed by atoms with E-state index in [9.17, 15) is 46.8 Å². The van der Waals surface area contributed by atoms with E-state index in [0.717, 1.165) is 24.0 Å². The molecule has 5 aromatic rings. The van der Waals surface area contributed by atoms with Crippen LogP contribution in [0.2, 0.25) is 0 Å². The number of nitrogens with two attached hydrogens (primary N) is 1. The van der Waals surface area contributed by atoms with Crippen LogP contribution in [0.4, 0.5) is 15.3 Å². The number of methoxy groups -OCH3 is 2. The minimum Gasteiger partial charge on any atom is -0.497 e. The third kappa shape index (κ3) is 23.3. The van der Waals surface area contributed by atoms with Gasteiger partial charge in [-0.15, -0.1) is 12.4 Å². The second-order valence-corrected chi connectivity index (χ2v) is 29.1. The number of nitriles is 2. The highest BCUT2D eigenvalue weighted by molar-refractivity contribution is 7.89. The average molecular weight is 1410 g/mol. The van der Waals surface area contributed by atoms with Gasteiger partial charge in [0.25, 0.3) is 5.69 Å². The van der Waals surface area contributed by atoms with Crippen molar-refractivity contribution in [3.8, 4) is 29.4 Å². The first kappa shape index (κ1) is 78.4. The highest BCUT2D eigenvalue weighted by Crippen LogP contribution is 2.36. The summed E-state index contributed by atoms with van der Waals surface area (Å²) in [4.78, 5) is 34.9. The molecule has 26 nitrogen and oxygen atoms in total. The van der Waals surface area contributed by atoms with E-state index in [-0.39, 0.29) is 116 Å². The number of carbonyl (C=O) groups excluding carboxylic acids is 2. The SMILES string of the molecule is COc1ccc(S(=O)(=O)N(C[C@@H](O)[C@@H](N)Cc2ccccc2)CC(C)(C)CCC#N)cc1.COc1ccc(S(=O)(=O)N(C[C@@H](O)[C@H](Cc2ccccc2)NC(=O)O[C@@H]2CO[C@H]3OCC[C@H]32)CC(C)(C)CCC#N)cc1.Cl.O=C(Oc1ccc([N+](=O)[O-])cc1)O[C@@H]1CO[C@H]2OCC[C@H]21. The van der Waals surface area contributed by atoms with Crippen molar-refractivity contribution in [3.63, 3.8) is 0 Å². The topological polar surface area (TPSA) is 361 Å². The Labute approximate surface area is 573 Å². The van der Waals surface area contributed by atoms with Gasteiger partial charge in [0, 0.05) is 57.2 Å².